The van der Waals surface area contributed by atoms with Crippen molar-refractivity contribution in [3.63, 3.8) is 0 Å². The molecule has 0 saturated carbocycles. The number of benzene rings is 3. The Bertz CT molecular complexity index is 1320. The molecule has 8 nitrogen and oxygen atoms in total. The molecule has 0 bridgehead atoms. The van der Waals surface area contributed by atoms with E-state index in [0.717, 1.165) is 28.2 Å². The number of ether oxygens (including phenoxy) is 4. The molecule has 0 N–H and O–H groups in total. The van der Waals surface area contributed by atoms with E-state index in [-0.39, 0.29) is 37.3 Å². The minimum absolute atomic E-state index is 0.170. The molecule has 1 saturated heterocycles. The SMILES string of the molecule is [B][B][C@H]1C[C@@H](OP(OCC[N+]#[C-])N(C(C)C)C(C)C)[C@@H](COC(c2ccccc2)(c2ccc(OC)cc2)c2ccc(OC)cc2)O1. The second-order valence-corrected chi connectivity index (χ2v) is 13.0. The minimum atomic E-state index is -1.49. The molecule has 1 unspecified atom stereocenters. The lowest BCUT2D eigenvalue weighted by Gasteiger charge is -2.39. The van der Waals surface area contributed by atoms with E-state index in [4.69, 9.17) is 42.3 Å². The maximum absolute atomic E-state index is 7.23. The molecule has 3 aromatic carbocycles. The van der Waals surface area contributed by atoms with E-state index < -0.39 is 20.2 Å². The van der Waals surface area contributed by atoms with Crippen molar-refractivity contribution in [2.45, 2.75) is 70.0 Å². The van der Waals surface area contributed by atoms with Crippen LogP contribution in [-0.4, -0.2) is 83.9 Å². The normalized spacial score (nSPS) is 18.9. The molecule has 0 aromatic heterocycles. The predicted octanol–water partition coefficient (Wildman–Crippen LogP) is 6.58. The second kappa shape index (κ2) is 17.3. The van der Waals surface area contributed by atoms with E-state index in [1.54, 1.807) is 21.4 Å². The largest absolute Gasteiger partial charge is 0.497 e. The highest BCUT2D eigenvalue weighted by atomic mass is 31.2. The summed E-state index contributed by atoms with van der Waals surface area (Å²) in [6.07, 6.45) is -0.243. The third-order valence-electron chi connectivity index (χ3n) is 7.96. The Labute approximate surface area is 278 Å². The molecule has 241 valence electrons. The lowest BCUT2D eigenvalue weighted by Crippen LogP contribution is -2.39. The lowest BCUT2D eigenvalue weighted by atomic mass is 9.51. The zero-order valence-electron chi connectivity index (χ0n) is 27.7. The highest BCUT2D eigenvalue weighted by Gasteiger charge is 2.43. The zero-order chi connectivity index (χ0) is 33.1. The van der Waals surface area contributed by atoms with Gasteiger partial charge in [0, 0.05) is 25.8 Å². The number of methoxy groups -OCH3 is 2. The number of rotatable bonds is 17. The number of hydrogen-bond donors (Lipinski definition) is 0. The lowest BCUT2D eigenvalue weighted by molar-refractivity contribution is -0.0715. The van der Waals surface area contributed by atoms with Gasteiger partial charge in [-0.3, -0.25) is 0 Å². The van der Waals surface area contributed by atoms with Crippen molar-refractivity contribution in [1.82, 2.24) is 4.67 Å². The Morgan fingerprint density at radius 2 is 1.46 bits per heavy atom. The van der Waals surface area contributed by atoms with E-state index in [2.05, 4.69) is 49.3 Å². The molecule has 46 heavy (non-hydrogen) atoms. The quantitative estimate of drug-likeness (QED) is 0.0543. The number of nitrogens with zero attached hydrogens (tertiary/aromatic N) is 2. The van der Waals surface area contributed by atoms with Crippen LogP contribution < -0.4 is 9.47 Å². The van der Waals surface area contributed by atoms with Gasteiger partial charge in [0.2, 0.25) is 6.54 Å². The van der Waals surface area contributed by atoms with Gasteiger partial charge in [0.1, 0.15) is 29.8 Å². The zero-order valence-corrected chi connectivity index (χ0v) is 28.6. The molecule has 3 aromatic rings. The van der Waals surface area contributed by atoms with Gasteiger partial charge >= 0.3 is 0 Å². The van der Waals surface area contributed by atoms with Gasteiger partial charge in [0.25, 0.3) is 8.53 Å². The standard InChI is InChI=1S/C35H44B2N2O6P/c1-25(2)39(26(3)4)46(43-22-21-38-5)45-32-23-34(37-36)44-33(32)24-42-35(27-11-9-8-10-12-27,28-13-17-30(40-6)18-14-28)29-15-19-31(41-7)20-16-29/h8-20,25-26,32-34H,21-24H2,1-4,6-7H3/t32-,33-,34-,46?/m1/s1. The topological polar surface area (TPSA) is 63.0 Å². The Morgan fingerprint density at radius 1 is 0.913 bits per heavy atom. The molecule has 3 radical (unpaired) electrons. The summed E-state index contributed by atoms with van der Waals surface area (Å²) in [5.74, 6) is 1.50. The van der Waals surface area contributed by atoms with Gasteiger partial charge in [-0.2, -0.15) is 0 Å². The second-order valence-electron chi connectivity index (χ2n) is 11.6. The summed E-state index contributed by atoms with van der Waals surface area (Å²) in [6.45, 7) is 16.5. The average Bonchev–Trinajstić information content (AvgIpc) is 3.47. The van der Waals surface area contributed by atoms with Crippen molar-refractivity contribution in [1.29, 1.82) is 0 Å². The van der Waals surface area contributed by atoms with Crippen molar-refractivity contribution in [2.24, 2.45) is 0 Å². The molecule has 1 aliphatic rings. The van der Waals surface area contributed by atoms with Crippen LogP contribution in [0.1, 0.15) is 50.8 Å². The van der Waals surface area contributed by atoms with Gasteiger partial charge in [-0.15, -0.1) is 0 Å². The summed E-state index contributed by atoms with van der Waals surface area (Å²) in [5.41, 5.74) is 1.81. The van der Waals surface area contributed by atoms with Gasteiger partial charge in [0.05, 0.1) is 34.1 Å². The summed E-state index contributed by atoms with van der Waals surface area (Å²) in [6, 6.07) is 26.1. The van der Waals surface area contributed by atoms with E-state index in [9.17, 15) is 0 Å². The molecule has 1 aliphatic heterocycles. The highest BCUT2D eigenvalue weighted by Crippen LogP contribution is 2.49. The molecule has 1 fully saturated rings. The summed E-state index contributed by atoms with van der Waals surface area (Å²) in [5, 5.41) is 0. The minimum Gasteiger partial charge on any atom is -0.497 e. The van der Waals surface area contributed by atoms with Gasteiger partial charge in [-0.25, -0.2) is 11.2 Å². The monoisotopic (exact) mass is 641 g/mol. The van der Waals surface area contributed by atoms with Crippen LogP contribution in [-0.2, 0) is 24.1 Å². The maximum atomic E-state index is 7.23. The van der Waals surface area contributed by atoms with Gasteiger partial charge in [-0.1, -0.05) is 54.6 Å². The Kier molecular flexibility index (Phi) is 13.5. The smallest absolute Gasteiger partial charge is 0.259 e. The third-order valence-corrected chi connectivity index (χ3v) is 10.1. The molecule has 1 heterocycles. The first kappa shape index (κ1) is 36.0. The molecule has 4 atom stereocenters. The van der Waals surface area contributed by atoms with Crippen LogP contribution in [0.5, 0.6) is 11.5 Å². The van der Waals surface area contributed by atoms with Crippen LogP contribution in [0.15, 0.2) is 78.9 Å². The van der Waals surface area contributed by atoms with E-state index in [1.165, 1.54) is 0 Å². The van der Waals surface area contributed by atoms with Crippen LogP contribution in [0.3, 0.4) is 0 Å². The average molecular weight is 641 g/mol. The van der Waals surface area contributed by atoms with Crippen LogP contribution in [0.25, 0.3) is 4.85 Å². The highest BCUT2D eigenvalue weighted by molar-refractivity contribution is 7.44. The predicted molar refractivity (Wildman–Crippen MR) is 184 cm³/mol. The first-order valence-corrected chi connectivity index (χ1v) is 16.8. The Hall–Kier alpha value is -2.89. The van der Waals surface area contributed by atoms with Crippen molar-refractivity contribution in [2.75, 3.05) is 34.0 Å². The van der Waals surface area contributed by atoms with Crippen molar-refractivity contribution in [3.8, 4) is 11.5 Å². The maximum Gasteiger partial charge on any atom is 0.259 e. The Balaban J connectivity index is 1.74. The molecule has 4 rings (SSSR count). The van der Waals surface area contributed by atoms with Crippen LogP contribution >= 0.6 is 8.53 Å². The van der Waals surface area contributed by atoms with Crippen molar-refractivity contribution in [3.05, 3.63) is 107 Å². The van der Waals surface area contributed by atoms with Crippen molar-refractivity contribution < 1.29 is 28.0 Å². The van der Waals surface area contributed by atoms with Gasteiger partial charge in [-0.05, 0) is 75.1 Å². The summed E-state index contributed by atoms with van der Waals surface area (Å²) in [4.78, 5) is 3.47. The molecule has 0 amide bonds. The molecular weight excluding hydrogens is 597 g/mol. The Morgan fingerprint density at radius 3 is 1.93 bits per heavy atom. The first-order chi connectivity index (χ1) is 22.3. The first-order valence-electron chi connectivity index (χ1n) is 15.7. The fraction of sp³-hybridized carbons (Fsp3) is 0.457. The molecule has 0 aliphatic carbocycles. The fourth-order valence-corrected chi connectivity index (χ4v) is 7.57. The molecule has 11 heteroatoms. The molecular formula is C35H44B2N2O6P. The third kappa shape index (κ3) is 8.52. The number of hydrogen-bond acceptors (Lipinski definition) is 7. The van der Waals surface area contributed by atoms with Gasteiger partial charge in [0.15, 0.2) is 0 Å². The van der Waals surface area contributed by atoms with Crippen molar-refractivity contribution >= 4 is 23.4 Å². The summed E-state index contributed by atoms with van der Waals surface area (Å²) < 4.78 is 39.8. The van der Waals surface area contributed by atoms with E-state index >= 15 is 0 Å². The van der Waals surface area contributed by atoms with E-state index in [0.29, 0.717) is 13.0 Å². The van der Waals surface area contributed by atoms with Gasteiger partial charge < -0.3 is 32.8 Å². The fourth-order valence-electron chi connectivity index (χ4n) is 5.82. The van der Waals surface area contributed by atoms with Crippen LogP contribution in [0.2, 0.25) is 0 Å². The van der Waals surface area contributed by atoms with E-state index in [1.807, 2.05) is 66.7 Å². The summed E-state index contributed by atoms with van der Waals surface area (Å²) >= 11 is 0. The van der Waals surface area contributed by atoms with Crippen LogP contribution in [0.4, 0.5) is 0 Å². The summed E-state index contributed by atoms with van der Waals surface area (Å²) in [7, 11) is 9.40. The van der Waals surface area contributed by atoms with Crippen LogP contribution in [0, 0.1) is 6.57 Å². The molecule has 0 spiro atoms.